The molecule has 0 spiro atoms. The van der Waals surface area contributed by atoms with Gasteiger partial charge in [0.1, 0.15) is 0 Å². The lowest BCUT2D eigenvalue weighted by Crippen LogP contribution is -2.39. The maximum atomic E-state index is 12.4. The number of anilines is 1. The molecule has 0 heterocycles. The molecule has 2 aromatic rings. The Morgan fingerprint density at radius 2 is 1.60 bits per heavy atom. The van der Waals surface area contributed by atoms with E-state index < -0.39 is 5.91 Å². The molecule has 5 nitrogen and oxygen atoms in total. The van der Waals surface area contributed by atoms with Gasteiger partial charge in [0.25, 0.3) is 0 Å². The summed E-state index contributed by atoms with van der Waals surface area (Å²) in [5, 5.41) is 2.86. The summed E-state index contributed by atoms with van der Waals surface area (Å²) in [5.41, 5.74) is 8.74. The first-order chi connectivity index (χ1) is 11.9. The molecule has 1 atom stereocenters. The zero-order chi connectivity index (χ0) is 18.4. The molecule has 0 aromatic heterocycles. The van der Waals surface area contributed by atoms with Crippen LogP contribution in [0, 0.1) is 0 Å². The number of carbonyl (C=O) groups is 2. The summed E-state index contributed by atoms with van der Waals surface area (Å²) >= 11 is 0. The number of carbonyl (C=O) groups excluding carboxylic acids is 2. The second-order valence-corrected chi connectivity index (χ2v) is 6.19. The Labute approximate surface area is 148 Å². The number of nitrogens with zero attached hydrogens (tertiary/aromatic N) is 1. The van der Waals surface area contributed by atoms with E-state index in [2.05, 4.69) is 36.5 Å². The summed E-state index contributed by atoms with van der Waals surface area (Å²) in [6.45, 7) is 4.69. The van der Waals surface area contributed by atoms with Crippen molar-refractivity contribution in [1.29, 1.82) is 0 Å². The van der Waals surface area contributed by atoms with Crippen LogP contribution in [0.4, 0.5) is 5.69 Å². The highest BCUT2D eigenvalue weighted by Crippen LogP contribution is 2.13. The quantitative estimate of drug-likeness (QED) is 0.814. The zero-order valence-corrected chi connectivity index (χ0v) is 15.0. The van der Waals surface area contributed by atoms with E-state index in [0.717, 1.165) is 6.42 Å². The second kappa shape index (κ2) is 8.44. The Balaban J connectivity index is 1.94. The molecule has 5 heteroatoms. The van der Waals surface area contributed by atoms with Crippen LogP contribution in [-0.4, -0.2) is 29.8 Å². The number of amides is 2. The molecule has 0 aliphatic heterocycles. The molecule has 0 fully saturated rings. The van der Waals surface area contributed by atoms with E-state index in [4.69, 9.17) is 5.73 Å². The minimum atomic E-state index is -0.486. The van der Waals surface area contributed by atoms with Gasteiger partial charge >= 0.3 is 0 Å². The first-order valence-electron chi connectivity index (χ1n) is 8.39. The second-order valence-electron chi connectivity index (χ2n) is 6.19. The fraction of sp³-hybridized carbons (Fsp3) is 0.300. The summed E-state index contributed by atoms with van der Waals surface area (Å²) in [6, 6.07) is 14.7. The number of primary amides is 1. The number of nitrogens with one attached hydrogen (secondary N) is 1. The highest BCUT2D eigenvalue weighted by molar-refractivity contribution is 5.96. The molecule has 132 valence electrons. The van der Waals surface area contributed by atoms with Crippen LogP contribution >= 0.6 is 0 Å². The fourth-order valence-corrected chi connectivity index (χ4v) is 2.47. The Hall–Kier alpha value is -2.66. The first-order valence-corrected chi connectivity index (χ1v) is 8.39. The van der Waals surface area contributed by atoms with Crippen molar-refractivity contribution in [2.75, 3.05) is 12.4 Å². The fourth-order valence-electron chi connectivity index (χ4n) is 2.47. The molecule has 25 heavy (non-hydrogen) atoms. The molecular weight excluding hydrogens is 314 g/mol. The predicted octanol–water partition coefficient (Wildman–Crippen LogP) is 2.81. The van der Waals surface area contributed by atoms with E-state index in [0.29, 0.717) is 17.8 Å². The average Bonchev–Trinajstić information content (AvgIpc) is 2.62. The molecule has 3 N–H and O–H groups in total. The highest BCUT2D eigenvalue weighted by atomic mass is 16.2. The van der Waals surface area contributed by atoms with Crippen molar-refractivity contribution in [3.63, 3.8) is 0 Å². The van der Waals surface area contributed by atoms with Crippen molar-refractivity contribution in [2.24, 2.45) is 5.73 Å². The van der Waals surface area contributed by atoms with E-state index in [1.165, 1.54) is 11.1 Å². The number of nitrogens with two attached hydrogens (primary N) is 1. The number of hydrogen-bond acceptors (Lipinski definition) is 3. The lowest BCUT2D eigenvalue weighted by atomic mass is 10.1. The van der Waals surface area contributed by atoms with Crippen molar-refractivity contribution in [3.05, 3.63) is 65.2 Å². The molecule has 2 amide bonds. The van der Waals surface area contributed by atoms with Gasteiger partial charge in [-0.3, -0.25) is 14.5 Å². The van der Waals surface area contributed by atoms with Crippen LogP contribution in [0.15, 0.2) is 48.5 Å². The van der Waals surface area contributed by atoms with E-state index in [1.807, 2.05) is 18.9 Å². The molecule has 0 saturated heterocycles. The lowest BCUT2D eigenvalue weighted by molar-refractivity contribution is -0.120. The largest absolute Gasteiger partial charge is 0.366 e. The van der Waals surface area contributed by atoms with Crippen LogP contribution in [0.1, 0.15) is 35.3 Å². The topological polar surface area (TPSA) is 75.4 Å². The molecule has 2 rings (SSSR count). The molecule has 0 aliphatic carbocycles. The summed E-state index contributed by atoms with van der Waals surface area (Å²) in [7, 11) is 1.92. The predicted molar refractivity (Wildman–Crippen MR) is 100 cm³/mol. The molecule has 0 aliphatic rings. The Morgan fingerprint density at radius 1 is 1.04 bits per heavy atom. The minimum Gasteiger partial charge on any atom is -0.366 e. The van der Waals surface area contributed by atoms with Crippen molar-refractivity contribution < 1.29 is 9.59 Å². The normalized spacial score (nSPS) is 12.0. The summed E-state index contributed by atoms with van der Waals surface area (Å²) < 4.78 is 0. The summed E-state index contributed by atoms with van der Waals surface area (Å²) in [5.74, 6) is -0.584. The van der Waals surface area contributed by atoms with Crippen LogP contribution in [0.2, 0.25) is 0 Å². The van der Waals surface area contributed by atoms with Crippen LogP contribution < -0.4 is 11.1 Å². The standard InChI is InChI=1S/C20H25N3O2/c1-4-15-5-7-16(8-6-15)13-23(3)14(2)20(25)22-18-11-9-17(10-12-18)19(21)24/h5-12,14H,4,13H2,1-3H3,(H2,21,24)(H,22,25). The lowest BCUT2D eigenvalue weighted by Gasteiger charge is -2.24. The molecular formula is C20H25N3O2. The number of benzene rings is 2. The number of hydrogen-bond donors (Lipinski definition) is 2. The third-order valence-corrected chi connectivity index (χ3v) is 4.34. The van der Waals surface area contributed by atoms with Gasteiger partial charge in [-0.1, -0.05) is 31.2 Å². The zero-order valence-electron chi connectivity index (χ0n) is 15.0. The van der Waals surface area contributed by atoms with Gasteiger partial charge in [0.2, 0.25) is 11.8 Å². The van der Waals surface area contributed by atoms with Gasteiger partial charge in [-0.05, 0) is 55.8 Å². The first kappa shape index (κ1) is 18.7. The van der Waals surface area contributed by atoms with Crippen molar-refractivity contribution in [3.8, 4) is 0 Å². The number of likely N-dealkylation sites (N-methyl/N-ethyl adjacent to an activating group) is 1. The van der Waals surface area contributed by atoms with E-state index in [-0.39, 0.29) is 11.9 Å². The van der Waals surface area contributed by atoms with Crippen molar-refractivity contribution in [1.82, 2.24) is 4.90 Å². The highest BCUT2D eigenvalue weighted by Gasteiger charge is 2.18. The molecule has 2 aromatic carbocycles. The van der Waals surface area contributed by atoms with E-state index >= 15 is 0 Å². The van der Waals surface area contributed by atoms with Gasteiger partial charge in [-0.25, -0.2) is 0 Å². The maximum absolute atomic E-state index is 12.4. The minimum absolute atomic E-state index is 0.0977. The Bertz CT molecular complexity index is 724. The van der Waals surface area contributed by atoms with Gasteiger partial charge in [-0.2, -0.15) is 0 Å². The Kier molecular flexibility index (Phi) is 6.31. The Morgan fingerprint density at radius 3 is 2.12 bits per heavy atom. The van der Waals surface area contributed by atoms with Crippen molar-refractivity contribution >= 4 is 17.5 Å². The summed E-state index contributed by atoms with van der Waals surface area (Å²) in [6.07, 6.45) is 1.02. The molecule has 0 radical (unpaired) electrons. The van der Waals surface area contributed by atoms with E-state index in [1.54, 1.807) is 24.3 Å². The van der Waals surface area contributed by atoms with Crippen LogP contribution in [0.3, 0.4) is 0 Å². The van der Waals surface area contributed by atoms with Gasteiger partial charge < -0.3 is 11.1 Å². The third kappa shape index (κ3) is 5.16. The smallest absolute Gasteiger partial charge is 0.248 e. The third-order valence-electron chi connectivity index (χ3n) is 4.34. The van der Waals surface area contributed by atoms with Crippen LogP contribution in [0.5, 0.6) is 0 Å². The average molecular weight is 339 g/mol. The van der Waals surface area contributed by atoms with Crippen LogP contribution in [-0.2, 0) is 17.8 Å². The van der Waals surface area contributed by atoms with Gasteiger partial charge in [0.15, 0.2) is 0 Å². The van der Waals surface area contributed by atoms with Gasteiger partial charge in [0.05, 0.1) is 6.04 Å². The van der Waals surface area contributed by atoms with Gasteiger partial charge in [0, 0.05) is 17.8 Å². The molecule has 0 saturated carbocycles. The van der Waals surface area contributed by atoms with Crippen LogP contribution in [0.25, 0.3) is 0 Å². The summed E-state index contributed by atoms with van der Waals surface area (Å²) in [4.78, 5) is 25.5. The van der Waals surface area contributed by atoms with Crippen molar-refractivity contribution in [2.45, 2.75) is 32.9 Å². The number of aryl methyl sites for hydroxylation is 1. The SMILES string of the molecule is CCc1ccc(CN(C)C(C)C(=O)Nc2ccc(C(N)=O)cc2)cc1. The molecule has 0 bridgehead atoms. The molecule has 1 unspecified atom stereocenters. The van der Waals surface area contributed by atoms with E-state index in [9.17, 15) is 9.59 Å². The monoisotopic (exact) mass is 339 g/mol. The maximum Gasteiger partial charge on any atom is 0.248 e. The van der Waals surface area contributed by atoms with Gasteiger partial charge in [-0.15, -0.1) is 0 Å². The number of rotatable bonds is 7.